The predicted molar refractivity (Wildman–Crippen MR) is 200 cm³/mol. The van der Waals surface area contributed by atoms with Gasteiger partial charge in [0.05, 0.1) is 22.2 Å². The number of carbonyl (C=O) groups is 1. The van der Waals surface area contributed by atoms with Gasteiger partial charge >= 0.3 is 0 Å². The number of aromatic nitrogens is 1. The number of piperidine rings is 1. The van der Waals surface area contributed by atoms with Crippen molar-refractivity contribution in [2.24, 2.45) is 0 Å². The van der Waals surface area contributed by atoms with Gasteiger partial charge in [-0.3, -0.25) is 14.7 Å². The number of nitrogens with zero attached hydrogens (tertiary/aromatic N) is 4. The zero-order valence-electron chi connectivity index (χ0n) is 28.9. The van der Waals surface area contributed by atoms with E-state index in [2.05, 4.69) is 70.9 Å². The summed E-state index contributed by atoms with van der Waals surface area (Å²) in [7, 11) is -3.19. The molecule has 6 rings (SSSR count). The molecule has 9 heteroatoms. The topological polar surface area (TPSA) is 106 Å². The van der Waals surface area contributed by atoms with Crippen LogP contribution in [0.2, 0.25) is 0 Å². The minimum Gasteiger partial charge on any atom is -0.331 e. The summed E-state index contributed by atoms with van der Waals surface area (Å²) < 4.78 is 23.4. The van der Waals surface area contributed by atoms with E-state index in [1.54, 1.807) is 36.4 Å². The molecule has 0 saturated carbocycles. The fourth-order valence-electron chi connectivity index (χ4n) is 6.53. The van der Waals surface area contributed by atoms with Crippen LogP contribution in [0.15, 0.2) is 126 Å². The number of hydrogen-bond donors (Lipinski definition) is 1. The maximum absolute atomic E-state index is 14.0. The second-order valence-electron chi connectivity index (χ2n) is 13.2. The van der Waals surface area contributed by atoms with Gasteiger partial charge in [0, 0.05) is 62.3 Å². The molecule has 1 aliphatic rings. The van der Waals surface area contributed by atoms with Crippen molar-refractivity contribution >= 4 is 15.7 Å². The Morgan fingerprint density at radius 1 is 0.863 bits per heavy atom. The number of amides is 1. The molecule has 0 atom stereocenters. The van der Waals surface area contributed by atoms with Crippen molar-refractivity contribution in [3.05, 3.63) is 155 Å². The van der Waals surface area contributed by atoms with Gasteiger partial charge in [-0.25, -0.2) is 8.42 Å². The van der Waals surface area contributed by atoms with E-state index >= 15 is 0 Å². The zero-order valence-corrected chi connectivity index (χ0v) is 29.7. The van der Waals surface area contributed by atoms with E-state index in [-0.39, 0.29) is 11.9 Å². The summed E-state index contributed by atoms with van der Waals surface area (Å²) in [6.07, 6.45) is 5.67. The third-order valence-electron chi connectivity index (χ3n) is 9.44. The molecule has 4 aromatic carbocycles. The van der Waals surface area contributed by atoms with Gasteiger partial charge in [-0.15, -0.1) is 0 Å². The fraction of sp³-hybridized carbons (Fsp3) is 0.262. The van der Waals surface area contributed by atoms with Crippen LogP contribution in [0.5, 0.6) is 0 Å². The van der Waals surface area contributed by atoms with E-state index in [1.807, 2.05) is 35.4 Å². The van der Waals surface area contributed by atoms with Gasteiger partial charge in [-0.1, -0.05) is 78.9 Å². The lowest BCUT2D eigenvalue weighted by atomic mass is 9.99. The molecule has 1 saturated heterocycles. The monoisotopic (exact) mass is 697 g/mol. The third kappa shape index (κ3) is 9.77. The van der Waals surface area contributed by atoms with Crippen LogP contribution in [-0.4, -0.2) is 61.0 Å². The lowest BCUT2D eigenvalue weighted by Crippen LogP contribution is -2.46. The SMILES string of the molecule is CS(=O)(=O)c1ccc(CCNCc2ccc(-c3ccc(CN(C(=O)c4cccc(C#N)c4)C4CCN(Cc5ccccc5)CC4)cc3)nc2)cc1. The maximum atomic E-state index is 14.0. The molecule has 51 heavy (non-hydrogen) atoms. The summed E-state index contributed by atoms with van der Waals surface area (Å²) >= 11 is 0. The van der Waals surface area contributed by atoms with Gasteiger partial charge in [0.2, 0.25) is 0 Å². The summed E-state index contributed by atoms with van der Waals surface area (Å²) in [5, 5.41) is 12.9. The Morgan fingerprint density at radius 2 is 1.57 bits per heavy atom. The molecule has 5 aromatic rings. The number of benzene rings is 4. The number of likely N-dealkylation sites (tertiary alicyclic amines) is 1. The van der Waals surface area contributed by atoms with Gasteiger partial charge in [0.15, 0.2) is 9.84 Å². The molecule has 1 aromatic heterocycles. The Bertz CT molecular complexity index is 2050. The van der Waals surface area contributed by atoms with Gasteiger partial charge < -0.3 is 10.2 Å². The maximum Gasteiger partial charge on any atom is 0.254 e. The Kier molecular flexibility index (Phi) is 11.7. The zero-order chi connectivity index (χ0) is 35.6. The first-order chi connectivity index (χ1) is 24.7. The molecule has 0 spiro atoms. The van der Waals surface area contributed by atoms with E-state index in [0.29, 0.717) is 29.1 Å². The molecular formula is C42H43N5O3S. The Morgan fingerprint density at radius 3 is 2.24 bits per heavy atom. The summed E-state index contributed by atoms with van der Waals surface area (Å²) in [5.74, 6) is -0.0478. The average Bonchev–Trinajstić information content (AvgIpc) is 3.16. The summed E-state index contributed by atoms with van der Waals surface area (Å²) in [5.41, 5.74) is 7.40. The molecule has 1 aliphatic heterocycles. The quantitative estimate of drug-likeness (QED) is 0.137. The molecular weight excluding hydrogens is 655 g/mol. The van der Waals surface area contributed by atoms with Gasteiger partial charge in [-0.05, 0) is 84.5 Å². The normalized spacial score (nSPS) is 13.8. The number of rotatable bonds is 13. The third-order valence-corrected chi connectivity index (χ3v) is 10.6. The van der Waals surface area contributed by atoms with Crippen LogP contribution in [0.1, 0.15) is 51.0 Å². The molecule has 1 N–H and O–H groups in total. The minimum atomic E-state index is -3.19. The second-order valence-corrected chi connectivity index (χ2v) is 15.2. The van der Waals surface area contributed by atoms with Crippen LogP contribution in [0.4, 0.5) is 0 Å². The lowest BCUT2D eigenvalue weighted by Gasteiger charge is -2.39. The van der Waals surface area contributed by atoms with Crippen molar-refractivity contribution in [3.63, 3.8) is 0 Å². The van der Waals surface area contributed by atoms with Crippen molar-refractivity contribution in [3.8, 4) is 17.3 Å². The molecule has 260 valence electrons. The number of nitriles is 1. The smallest absolute Gasteiger partial charge is 0.254 e. The fourth-order valence-corrected chi connectivity index (χ4v) is 7.16. The molecule has 0 aliphatic carbocycles. The van der Waals surface area contributed by atoms with Crippen LogP contribution in [0.25, 0.3) is 11.3 Å². The van der Waals surface area contributed by atoms with Gasteiger partial charge in [0.1, 0.15) is 0 Å². The highest BCUT2D eigenvalue weighted by Gasteiger charge is 2.29. The highest BCUT2D eigenvalue weighted by atomic mass is 32.2. The van der Waals surface area contributed by atoms with Gasteiger partial charge in [0.25, 0.3) is 5.91 Å². The van der Waals surface area contributed by atoms with E-state index in [9.17, 15) is 18.5 Å². The van der Waals surface area contributed by atoms with Crippen molar-refractivity contribution in [2.45, 2.75) is 49.8 Å². The number of carbonyl (C=O) groups excluding carboxylic acids is 1. The molecule has 2 heterocycles. The Hall–Kier alpha value is -5.14. The van der Waals surface area contributed by atoms with Crippen molar-refractivity contribution in [1.29, 1.82) is 5.26 Å². The minimum absolute atomic E-state index is 0.0478. The van der Waals surface area contributed by atoms with Gasteiger partial charge in [-0.2, -0.15) is 5.26 Å². The van der Waals surface area contributed by atoms with E-state index in [0.717, 1.165) is 73.4 Å². The first kappa shape index (κ1) is 35.7. The van der Waals surface area contributed by atoms with Crippen LogP contribution >= 0.6 is 0 Å². The van der Waals surface area contributed by atoms with Crippen molar-refractivity contribution < 1.29 is 13.2 Å². The van der Waals surface area contributed by atoms with E-state index < -0.39 is 9.84 Å². The molecule has 1 amide bonds. The van der Waals surface area contributed by atoms with Crippen LogP contribution in [-0.2, 0) is 35.9 Å². The summed E-state index contributed by atoms with van der Waals surface area (Å²) in [6, 6.07) is 39.2. The molecule has 0 radical (unpaired) electrons. The van der Waals surface area contributed by atoms with Crippen molar-refractivity contribution in [1.82, 2.24) is 20.1 Å². The first-order valence-electron chi connectivity index (χ1n) is 17.4. The highest BCUT2D eigenvalue weighted by Crippen LogP contribution is 2.25. The number of sulfone groups is 1. The van der Waals surface area contributed by atoms with E-state index in [1.165, 1.54) is 11.8 Å². The Balaban J connectivity index is 1.06. The number of pyridine rings is 1. The average molecular weight is 698 g/mol. The summed E-state index contributed by atoms with van der Waals surface area (Å²) in [6.45, 7) is 4.66. The lowest BCUT2D eigenvalue weighted by molar-refractivity contribution is 0.0543. The Labute approximate surface area is 301 Å². The first-order valence-corrected chi connectivity index (χ1v) is 19.3. The predicted octanol–water partition coefficient (Wildman–Crippen LogP) is 6.66. The number of nitrogens with one attached hydrogen (secondary N) is 1. The van der Waals surface area contributed by atoms with Crippen LogP contribution in [0.3, 0.4) is 0 Å². The largest absolute Gasteiger partial charge is 0.331 e. The highest BCUT2D eigenvalue weighted by molar-refractivity contribution is 7.90. The van der Waals surface area contributed by atoms with Crippen molar-refractivity contribution in [2.75, 3.05) is 25.9 Å². The standard InChI is InChI=1S/C42H43N5O3S/c1-51(49,50)40-17-12-32(13-18-40)20-23-44-28-36-14-19-41(45-29-36)37-15-10-34(11-16-37)31-47(42(48)38-9-5-8-35(26-38)27-43)39-21-24-46(25-22-39)30-33-6-3-2-4-7-33/h2-19,26,29,39,44H,20-25,28,30-31H2,1H3. The molecule has 8 nitrogen and oxygen atoms in total. The summed E-state index contributed by atoms with van der Waals surface area (Å²) in [4.78, 5) is 23.5. The number of hydrogen-bond acceptors (Lipinski definition) is 7. The van der Waals surface area contributed by atoms with Crippen LogP contribution in [0, 0.1) is 11.3 Å². The molecule has 0 bridgehead atoms. The van der Waals surface area contributed by atoms with Crippen LogP contribution < -0.4 is 5.32 Å². The molecule has 1 fully saturated rings. The second kappa shape index (κ2) is 16.7. The van der Waals surface area contributed by atoms with E-state index in [4.69, 9.17) is 4.98 Å². The molecule has 0 unspecified atom stereocenters.